The molecule has 1 aliphatic heterocycles. The molecule has 0 atom stereocenters. The molecule has 35 heavy (non-hydrogen) atoms. The van der Waals surface area contributed by atoms with Gasteiger partial charge in [-0.3, -0.25) is 9.52 Å². The highest BCUT2D eigenvalue weighted by Crippen LogP contribution is 2.32. The Morgan fingerprint density at radius 3 is 2.37 bits per heavy atom. The van der Waals surface area contributed by atoms with Crippen molar-refractivity contribution in [3.63, 3.8) is 0 Å². The Morgan fingerprint density at radius 1 is 0.943 bits per heavy atom. The van der Waals surface area contributed by atoms with Gasteiger partial charge in [-0.1, -0.05) is 18.2 Å². The summed E-state index contributed by atoms with van der Waals surface area (Å²) in [7, 11) is -3.82. The minimum atomic E-state index is -3.82. The number of rotatable bonds is 10. The van der Waals surface area contributed by atoms with E-state index in [9.17, 15) is 13.2 Å². The van der Waals surface area contributed by atoms with Crippen molar-refractivity contribution in [2.45, 2.75) is 18.2 Å². The van der Waals surface area contributed by atoms with Crippen LogP contribution in [0.5, 0.6) is 11.5 Å². The molecule has 2 N–H and O–H groups in total. The molecule has 0 bridgehead atoms. The molecule has 3 aromatic rings. The summed E-state index contributed by atoms with van der Waals surface area (Å²) in [6.07, 6.45) is 0.807. The summed E-state index contributed by atoms with van der Waals surface area (Å²) >= 11 is 0. The lowest BCUT2D eigenvalue weighted by atomic mass is 10.2. The van der Waals surface area contributed by atoms with E-state index in [4.69, 9.17) is 9.47 Å². The molecule has 0 saturated heterocycles. The van der Waals surface area contributed by atoms with Crippen molar-refractivity contribution in [3.8, 4) is 11.5 Å². The van der Waals surface area contributed by atoms with Crippen LogP contribution in [0.1, 0.15) is 23.7 Å². The van der Waals surface area contributed by atoms with E-state index in [1.807, 2.05) is 18.2 Å². The van der Waals surface area contributed by atoms with Crippen LogP contribution in [0.15, 0.2) is 77.7 Å². The Hall–Kier alpha value is -3.72. The van der Waals surface area contributed by atoms with E-state index in [1.54, 1.807) is 30.3 Å². The molecule has 0 saturated carbocycles. The number of hydrogen-bond donors (Lipinski definition) is 2. The second-order valence-electron chi connectivity index (χ2n) is 8.01. The molecular formula is C26H29N3O5S. The van der Waals surface area contributed by atoms with E-state index in [0.29, 0.717) is 42.5 Å². The molecule has 1 amide bonds. The third-order valence-corrected chi connectivity index (χ3v) is 7.00. The van der Waals surface area contributed by atoms with Crippen LogP contribution in [0, 0.1) is 0 Å². The van der Waals surface area contributed by atoms with Crippen molar-refractivity contribution in [2.24, 2.45) is 0 Å². The molecule has 9 heteroatoms. The Labute approximate surface area is 205 Å². The van der Waals surface area contributed by atoms with Gasteiger partial charge in [-0.05, 0) is 61.9 Å². The third-order valence-electron chi connectivity index (χ3n) is 5.62. The van der Waals surface area contributed by atoms with Crippen molar-refractivity contribution in [3.05, 3.63) is 78.4 Å². The number of nitrogens with one attached hydrogen (secondary N) is 2. The first-order valence-corrected chi connectivity index (χ1v) is 13.1. The van der Waals surface area contributed by atoms with Gasteiger partial charge in [-0.25, -0.2) is 8.42 Å². The first-order valence-electron chi connectivity index (χ1n) is 11.6. The molecule has 0 aliphatic carbocycles. The quantitative estimate of drug-likeness (QED) is 0.414. The highest BCUT2D eigenvalue weighted by Gasteiger charge is 2.19. The maximum Gasteiger partial charge on any atom is 0.262 e. The number of carbonyl (C=O) groups is 1. The molecule has 3 aromatic carbocycles. The molecule has 0 aromatic heterocycles. The summed E-state index contributed by atoms with van der Waals surface area (Å²) in [5, 5.41) is 2.92. The largest absolute Gasteiger partial charge is 0.486 e. The molecule has 8 nitrogen and oxygen atoms in total. The molecule has 0 radical (unpaired) electrons. The van der Waals surface area contributed by atoms with Gasteiger partial charge in [-0.15, -0.1) is 0 Å². The van der Waals surface area contributed by atoms with Gasteiger partial charge in [0.1, 0.15) is 13.2 Å². The lowest BCUT2D eigenvalue weighted by Gasteiger charge is -2.23. The SMILES string of the molecule is CCN(CCCNC(=O)c1ccc(NS(=O)(=O)c2ccc3c(c2)OCCO3)cc1)c1ccccc1. The van der Waals surface area contributed by atoms with Gasteiger partial charge in [0.25, 0.3) is 15.9 Å². The van der Waals surface area contributed by atoms with Crippen molar-refractivity contribution in [1.29, 1.82) is 0 Å². The molecule has 1 aliphatic rings. The van der Waals surface area contributed by atoms with E-state index in [0.717, 1.165) is 25.2 Å². The first kappa shape index (κ1) is 24.4. The van der Waals surface area contributed by atoms with E-state index in [1.165, 1.54) is 12.1 Å². The van der Waals surface area contributed by atoms with Crippen LogP contribution in [-0.2, 0) is 10.0 Å². The minimum absolute atomic E-state index is 0.0696. The predicted octanol–water partition coefficient (Wildman–Crippen LogP) is 3.91. The number of benzene rings is 3. The first-order chi connectivity index (χ1) is 17.0. The Bertz CT molecular complexity index is 1250. The third kappa shape index (κ3) is 6.24. The van der Waals surface area contributed by atoms with Crippen LogP contribution in [-0.4, -0.2) is 47.2 Å². The fraction of sp³-hybridized carbons (Fsp3) is 0.269. The van der Waals surface area contributed by atoms with E-state index < -0.39 is 10.0 Å². The summed E-state index contributed by atoms with van der Waals surface area (Å²) < 4.78 is 39.0. The monoisotopic (exact) mass is 495 g/mol. The van der Waals surface area contributed by atoms with E-state index in [-0.39, 0.29) is 10.8 Å². The number of para-hydroxylation sites is 1. The minimum Gasteiger partial charge on any atom is -0.486 e. The smallest absolute Gasteiger partial charge is 0.262 e. The van der Waals surface area contributed by atoms with Crippen molar-refractivity contribution < 1.29 is 22.7 Å². The van der Waals surface area contributed by atoms with Crippen LogP contribution in [0.2, 0.25) is 0 Å². The number of carbonyl (C=O) groups excluding carboxylic acids is 1. The Kier molecular flexibility index (Phi) is 7.77. The average Bonchev–Trinajstić information content (AvgIpc) is 2.89. The Balaban J connectivity index is 1.29. The number of nitrogens with zero attached hydrogens (tertiary/aromatic N) is 1. The van der Waals surface area contributed by atoms with Gasteiger partial charge in [0.15, 0.2) is 11.5 Å². The molecular weight excluding hydrogens is 466 g/mol. The number of sulfonamides is 1. The van der Waals surface area contributed by atoms with Crippen LogP contribution in [0.4, 0.5) is 11.4 Å². The van der Waals surface area contributed by atoms with Gasteiger partial charge in [-0.2, -0.15) is 0 Å². The maximum atomic E-state index is 12.8. The lowest BCUT2D eigenvalue weighted by molar-refractivity contribution is 0.0953. The summed E-state index contributed by atoms with van der Waals surface area (Å²) in [5.74, 6) is 0.721. The van der Waals surface area contributed by atoms with Crippen LogP contribution in [0.3, 0.4) is 0 Å². The van der Waals surface area contributed by atoms with Crippen LogP contribution < -0.4 is 24.4 Å². The standard InChI is InChI=1S/C26H29N3O5S/c1-2-29(22-7-4-3-5-8-22)16-6-15-27-26(30)20-9-11-21(12-10-20)28-35(31,32)23-13-14-24-25(19-23)34-18-17-33-24/h3-5,7-14,19,28H,2,6,15-18H2,1H3,(H,27,30). The van der Waals surface area contributed by atoms with Crippen LogP contribution >= 0.6 is 0 Å². The zero-order valence-electron chi connectivity index (χ0n) is 19.6. The molecule has 1 heterocycles. The van der Waals surface area contributed by atoms with Crippen LogP contribution in [0.25, 0.3) is 0 Å². The molecule has 0 fully saturated rings. The second kappa shape index (κ2) is 11.1. The average molecular weight is 496 g/mol. The number of fused-ring (bicyclic) bond motifs is 1. The van der Waals surface area contributed by atoms with Crippen molar-refractivity contribution in [2.75, 3.05) is 42.5 Å². The Morgan fingerprint density at radius 2 is 1.66 bits per heavy atom. The molecule has 184 valence electrons. The van der Waals surface area contributed by atoms with Gasteiger partial charge in [0.05, 0.1) is 4.90 Å². The summed E-state index contributed by atoms with van der Waals surface area (Å²) in [4.78, 5) is 14.8. The highest BCUT2D eigenvalue weighted by atomic mass is 32.2. The van der Waals surface area contributed by atoms with Gasteiger partial charge < -0.3 is 19.7 Å². The zero-order valence-corrected chi connectivity index (χ0v) is 20.4. The molecule has 4 rings (SSSR count). The van der Waals surface area contributed by atoms with Crippen molar-refractivity contribution in [1.82, 2.24) is 5.32 Å². The number of ether oxygens (including phenoxy) is 2. The fourth-order valence-electron chi connectivity index (χ4n) is 3.78. The number of anilines is 2. The summed E-state index contributed by atoms with van der Waals surface area (Å²) in [5.41, 5.74) is 1.98. The van der Waals surface area contributed by atoms with Gasteiger partial charge in [0.2, 0.25) is 0 Å². The van der Waals surface area contributed by atoms with Gasteiger partial charge in [0, 0.05) is 42.6 Å². The highest BCUT2D eigenvalue weighted by molar-refractivity contribution is 7.92. The maximum absolute atomic E-state index is 12.8. The van der Waals surface area contributed by atoms with Gasteiger partial charge >= 0.3 is 0 Å². The molecule has 0 spiro atoms. The van der Waals surface area contributed by atoms with E-state index >= 15 is 0 Å². The summed E-state index contributed by atoms with van der Waals surface area (Å²) in [6.45, 7) is 5.18. The fourth-order valence-corrected chi connectivity index (χ4v) is 4.85. The number of amides is 1. The number of hydrogen-bond acceptors (Lipinski definition) is 6. The zero-order chi connectivity index (χ0) is 24.7. The topological polar surface area (TPSA) is 97.0 Å². The second-order valence-corrected chi connectivity index (χ2v) is 9.70. The molecule has 0 unspecified atom stereocenters. The van der Waals surface area contributed by atoms with Crippen molar-refractivity contribution >= 4 is 27.3 Å². The van der Waals surface area contributed by atoms with E-state index in [2.05, 4.69) is 34.0 Å². The predicted molar refractivity (Wildman–Crippen MR) is 136 cm³/mol. The summed E-state index contributed by atoms with van der Waals surface area (Å²) in [6, 6.07) is 21.0. The lowest BCUT2D eigenvalue weighted by Crippen LogP contribution is -2.29. The normalized spacial score (nSPS) is 12.6.